The predicted octanol–water partition coefficient (Wildman–Crippen LogP) is 1.13. The Morgan fingerprint density at radius 1 is 1.47 bits per heavy atom. The summed E-state index contributed by atoms with van der Waals surface area (Å²) in [7, 11) is -3.59. The third kappa shape index (κ3) is 4.91. The highest BCUT2D eigenvalue weighted by Gasteiger charge is 2.32. The summed E-state index contributed by atoms with van der Waals surface area (Å²) >= 11 is 0. The lowest BCUT2D eigenvalue weighted by atomic mass is 10.0. The van der Waals surface area contributed by atoms with E-state index in [9.17, 15) is 13.2 Å². The van der Waals surface area contributed by atoms with Crippen LogP contribution in [-0.2, 0) is 14.3 Å². The van der Waals surface area contributed by atoms with E-state index in [-0.39, 0.29) is 17.7 Å². The molecule has 100 valence electrons. The van der Waals surface area contributed by atoms with Crippen LogP contribution >= 0.6 is 0 Å². The summed E-state index contributed by atoms with van der Waals surface area (Å²) in [6.45, 7) is 5.88. The summed E-state index contributed by atoms with van der Waals surface area (Å²) in [6.07, 6.45) is -1.15. The van der Waals surface area contributed by atoms with Crippen molar-refractivity contribution in [3.05, 3.63) is 0 Å². The Bertz CT molecular complexity index is 384. The number of nitrogens with zero attached hydrogens (tertiary/aromatic N) is 1. The van der Waals surface area contributed by atoms with Gasteiger partial charge >= 0.3 is 6.09 Å². The molecule has 1 amide bonds. The van der Waals surface area contributed by atoms with Gasteiger partial charge in [0.25, 0.3) is 10.1 Å². The highest BCUT2D eigenvalue weighted by molar-refractivity contribution is 7.86. The van der Waals surface area contributed by atoms with Crippen LogP contribution in [0.2, 0.25) is 0 Å². The first-order chi connectivity index (χ1) is 7.59. The zero-order valence-corrected chi connectivity index (χ0v) is 11.2. The minimum atomic E-state index is -3.59. The van der Waals surface area contributed by atoms with E-state index in [1.165, 1.54) is 0 Å². The van der Waals surface area contributed by atoms with Crippen LogP contribution in [0.1, 0.15) is 27.2 Å². The number of hydrogen-bond donors (Lipinski definition) is 1. The molecule has 1 aliphatic heterocycles. The average molecular weight is 265 g/mol. The number of carboxylic acid groups (broad SMARTS) is 1. The fraction of sp³-hybridized carbons (Fsp3) is 0.900. The summed E-state index contributed by atoms with van der Waals surface area (Å²) in [5, 5.41) is 8.74. The third-order valence-corrected chi connectivity index (χ3v) is 4.09. The molecule has 17 heavy (non-hydrogen) atoms. The van der Waals surface area contributed by atoms with Crippen molar-refractivity contribution >= 4 is 16.2 Å². The van der Waals surface area contributed by atoms with Crippen LogP contribution in [0.4, 0.5) is 4.79 Å². The lowest BCUT2D eigenvalue weighted by Gasteiger charge is -2.19. The molecule has 1 heterocycles. The number of hydrogen-bond acceptors (Lipinski definition) is 4. The van der Waals surface area contributed by atoms with Crippen LogP contribution in [0.5, 0.6) is 0 Å². The van der Waals surface area contributed by atoms with Crippen LogP contribution in [0, 0.1) is 5.41 Å². The van der Waals surface area contributed by atoms with E-state index in [4.69, 9.17) is 9.29 Å². The summed E-state index contributed by atoms with van der Waals surface area (Å²) in [6, 6.07) is 0. The SMILES string of the molecule is CC(C)(C)CS(=O)(=O)O[C@H]1CCN(C(=O)O)C1. The molecule has 0 radical (unpaired) electrons. The lowest BCUT2D eigenvalue weighted by Crippen LogP contribution is -2.31. The maximum atomic E-state index is 11.7. The van der Waals surface area contributed by atoms with Crippen LogP contribution in [0.15, 0.2) is 0 Å². The molecule has 0 spiro atoms. The Morgan fingerprint density at radius 3 is 2.47 bits per heavy atom. The summed E-state index contributed by atoms with van der Waals surface area (Å²) in [4.78, 5) is 11.8. The van der Waals surface area contributed by atoms with E-state index in [2.05, 4.69) is 0 Å². The minimum Gasteiger partial charge on any atom is -0.465 e. The lowest BCUT2D eigenvalue weighted by molar-refractivity contribution is 0.146. The van der Waals surface area contributed by atoms with Crippen molar-refractivity contribution in [2.75, 3.05) is 18.8 Å². The second-order valence-electron chi connectivity index (χ2n) is 5.50. The van der Waals surface area contributed by atoms with Crippen LogP contribution < -0.4 is 0 Å². The normalized spacial score (nSPS) is 21.8. The molecule has 0 aromatic carbocycles. The molecule has 0 aromatic rings. The van der Waals surface area contributed by atoms with Gasteiger partial charge in [0.15, 0.2) is 0 Å². The van der Waals surface area contributed by atoms with Crippen molar-refractivity contribution in [1.82, 2.24) is 4.90 Å². The van der Waals surface area contributed by atoms with E-state index in [1.807, 2.05) is 20.8 Å². The van der Waals surface area contributed by atoms with Crippen LogP contribution in [-0.4, -0.2) is 49.5 Å². The van der Waals surface area contributed by atoms with Gasteiger partial charge in [0.05, 0.1) is 18.4 Å². The summed E-state index contributed by atoms with van der Waals surface area (Å²) < 4.78 is 28.4. The molecular weight excluding hydrogens is 246 g/mol. The smallest absolute Gasteiger partial charge is 0.407 e. The van der Waals surface area contributed by atoms with Gasteiger partial charge in [-0.05, 0) is 11.8 Å². The van der Waals surface area contributed by atoms with E-state index < -0.39 is 22.3 Å². The van der Waals surface area contributed by atoms with Gasteiger partial charge in [0, 0.05) is 6.54 Å². The average Bonchev–Trinajstić information content (AvgIpc) is 2.46. The topological polar surface area (TPSA) is 83.9 Å². The zero-order valence-electron chi connectivity index (χ0n) is 10.3. The first-order valence-electron chi connectivity index (χ1n) is 5.48. The Morgan fingerprint density at radius 2 is 2.06 bits per heavy atom. The van der Waals surface area contributed by atoms with Gasteiger partial charge in [0.1, 0.15) is 0 Å². The monoisotopic (exact) mass is 265 g/mol. The predicted molar refractivity (Wildman–Crippen MR) is 62.3 cm³/mol. The molecule has 1 N–H and O–H groups in total. The maximum Gasteiger partial charge on any atom is 0.407 e. The molecule has 7 heteroatoms. The summed E-state index contributed by atoms with van der Waals surface area (Å²) in [5.41, 5.74) is -0.371. The van der Waals surface area contributed by atoms with Crippen molar-refractivity contribution < 1.29 is 22.5 Å². The maximum absolute atomic E-state index is 11.7. The Kier molecular flexibility index (Phi) is 4.03. The van der Waals surface area contributed by atoms with Crippen molar-refractivity contribution in [3.63, 3.8) is 0 Å². The fourth-order valence-electron chi connectivity index (χ4n) is 1.75. The van der Waals surface area contributed by atoms with Gasteiger partial charge in [-0.25, -0.2) is 4.79 Å². The van der Waals surface area contributed by atoms with Gasteiger partial charge in [-0.3, -0.25) is 4.18 Å². The quantitative estimate of drug-likeness (QED) is 0.773. The van der Waals surface area contributed by atoms with Gasteiger partial charge < -0.3 is 10.0 Å². The first-order valence-corrected chi connectivity index (χ1v) is 7.06. The molecular formula is C10H19NO5S. The Hall–Kier alpha value is -0.820. The number of likely N-dealkylation sites (tertiary alicyclic amines) is 1. The van der Waals surface area contributed by atoms with Crippen LogP contribution in [0.3, 0.4) is 0 Å². The molecule has 1 fully saturated rings. The Balaban J connectivity index is 2.53. The van der Waals surface area contributed by atoms with Crippen molar-refractivity contribution in [3.8, 4) is 0 Å². The largest absolute Gasteiger partial charge is 0.465 e. The molecule has 0 saturated carbocycles. The van der Waals surface area contributed by atoms with E-state index in [0.29, 0.717) is 13.0 Å². The van der Waals surface area contributed by atoms with E-state index >= 15 is 0 Å². The highest BCUT2D eigenvalue weighted by atomic mass is 32.2. The molecule has 0 aromatic heterocycles. The molecule has 0 unspecified atom stereocenters. The van der Waals surface area contributed by atoms with E-state index in [1.54, 1.807) is 0 Å². The molecule has 1 aliphatic rings. The molecule has 0 bridgehead atoms. The zero-order chi connectivity index (χ0) is 13.3. The number of carbonyl (C=O) groups is 1. The van der Waals surface area contributed by atoms with Gasteiger partial charge in [-0.1, -0.05) is 20.8 Å². The Labute approximate surface area is 102 Å². The van der Waals surface area contributed by atoms with Crippen molar-refractivity contribution in [2.24, 2.45) is 5.41 Å². The molecule has 6 nitrogen and oxygen atoms in total. The minimum absolute atomic E-state index is 0.0659. The molecule has 1 saturated heterocycles. The highest BCUT2D eigenvalue weighted by Crippen LogP contribution is 2.21. The standard InChI is InChI=1S/C10H19NO5S/c1-10(2,3)7-17(14,15)16-8-4-5-11(6-8)9(12)13/h8H,4-7H2,1-3H3,(H,12,13)/t8-/m0/s1. The second-order valence-corrected chi connectivity index (χ2v) is 7.09. The van der Waals surface area contributed by atoms with Gasteiger partial charge in [0.2, 0.25) is 0 Å². The molecule has 1 atom stereocenters. The van der Waals surface area contributed by atoms with Crippen molar-refractivity contribution in [2.45, 2.75) is 33.3 Å². The summed E-state index contributed by atoms with van der Waals surface area (Å²) in [5.74, 6) is -0.0659. The van der Waals surface area contributed by atoms with Crippen LogP contribution in [0.25, 0.3) is 0 Å². The van der Waals surface area contributed by atoms with Crippen molar-refractivity contribution in [1.29, 1.82) is 0 Å². The molecule has 1 rings (SSSR count). The third-order valence-electron chi connectivity index (χ3n) is 2.31. The van der Waals surface area contributed by atoms with E-state index in [0.717, 1.165) is 4.90 Å². The molecule has 0 aliphatic carbocycles. The number of rotatable bonds is 3. The van der Waals surface area contributed by atoms with Gasteiger partial charge in [-0.15, -0.1) is 0 Å². The second kappa shape index (κ2) is 4.81. The first kappa shape index (κ1) is 14.2. The number of amides is 1. The van der Waals surface area contributed by atoms with Gasteiger partial charge in [-0.2, -0.15) is 8.42 Å². The fourth-order valence-corrected chi connectivity index (χ4v) is 3.45.